The van der Waals surface area contributed by atoms with Crippen LogP contribution in [0, 0.1) is 5.82 Å². The molecule has 3 aromatic carbocycles. The van der Waals surface area contributed by atoms with Crippen molar-refractivity contribution in [1.29, 1.82) is 0 Å². The van der Waals surface area contributed by atoms with Gasteiger partial charge in [-0.15, -0.1) is 0 Å². The molecule has 30 heavy (non-hydrogen) atoms. The Morgan fingerprint density at radius 2 is 1.53 bits per heavy atom. The normalized spacial score (nSPS) is 10.7. The van der Waals surface area contributed by atoms with Crippen molar-refractivity contribution in [1.82, 2.24) is 0 Å². The minimum Gasteiger partial charge on any atom is -0.490 e. The molecule has 0 aliphatic carbocycles. The second-order valence-corrected chi connectivity index (χ2v) is 7.99. The van der Waals surface area contributed by atoms with Crippen molar-refractivity contribution >= 4 is 52.1 Å². The van der Waals surface area contributed by atoms with Gasteiger partial charge >= 0.3 is 0 Å². The summed E-state index contributed by atoms with van der Waals surface area (Å²) in [4.78, 5) is 0. The molecule has 0 radical (unpaired) electrons. The Bertz CT molecular complexity index is 1050. The zero-order valence-electron chi connectivity index (χ0n) is 15.9. The number of benzene rings is 3. The summed E-state index contributed by atoms with van der Waals surface area (Å²) in [6.45, 7) is 2.97. The molecule has 1 N–H and O–H groups in total. The smallest absolute Gasteiger partial charge is 0.163 e. The van der Waals surface area contributed by atoms with Crippen molar-refractivity contribution in [2.75, 3.05) is 11.9 Å². The van der Waals surface area contributed by atoms with Gasteiger partial charge < -0.3 is 14.8 Å². The topological polar surface area (TPSA) is 30.5 Å². The zero-order valence-corrected chi connectivity index (χ0v) is 19.0. The number of hydrogen-bond acceptors (Lipinski definition) is 3. The molecule has 8 heteroatoms. The zero-order chi connectivity index (χ0) is 21.7. The molecule has 0 heterocycles. The molecule has 3 rings (SSSR count). The van der Waals surface area contributed by atoms with Crippen LogP contribution in [0.3, 0.4) is 0 Å². The Morgan fingerprint density at radius 3 is 2.23 bits per heavy atom. The van der Waals surface area contributed by atoms with E-state index in [-0.39, 0.29) is 11.6 Å². The standard InChI is InChI=1S/C22H18Cl4FNO2/c1-2-29-21-7-14(11-28-16-5-6-20(27)19(26)9-16)18(25)10-22(21)30-12-13-3-4-15(23)8-17(13)24/h3-10,28H,2,11-12H2,1H3. The Labute approximate surface area is 194 Å². The van der Waals surface area contributed by atoms with Gasteiger partial charge in [-0.1, -0.05) is 52.5 Å². The monoisotopic (exact) mass is 487 g/mol. The Balaban J connectivity index is 1.76. The molecule has 3 aromatic rings. The first kappa shape index (κ1) is 22.8. The van der Waals surface area contributed by atoms with Gasteiger partial charge in [-0.2, -0.15) is 0 Å². The molecule has 0 spiro atoms. The van der Waals surface area contributed by atoms with Gasteiger partial charge in [-0.25, -0.2) is 4.39 Å². The van der Waals surface area contributed by atoms with Crippen molar-refractivity contribution in [3.63, 3.8) is 0 Å². The van der Waals surface area contributed by atoms with E-state index in [2.05, 4.69) is 5.32 Å². The van der Waals surface area contributed by atoms with E-state index in [0.717, 1.165) is 11.1 Å². The maximum Gasteiger partial charge on any atom is 0.163 e. The van der Waals surface area contributed by atoms with Gasteiger partial charge in [0.15, 0.2) is 11.5 Å². The van der Waals surface area contributed by atoms with Gasteiger partial charge in [0.25, 0.3) is 0 Å². The summed E-state index contributed by atoms with van der Waals surface area (Å²) in [7, 11) is 0. The van der Waals surface area contributed by atoms with Crippen LogP contribution in [-0.2, 0) is 13.2 Å². The van der Waals surface area contributed by atoms with Crippen LogP contribution in [0.1, 0.15) is 18.1 Å². The summed E-state index contributed by atoms with van der Waals surface area (Å²) < 4.78 is 25.0. The van der Waals surface area contributed by atoms with Crippen LogP contribution < -0.4 is 14.8 Å². The van der Waals surface area contributed by atoms with E-state index < -0.39 is 5.82 Å². The molecule has 0 amide bonds. The number of halogens is 5. The molecule has 158 valence electrons. The van der Waals surface area contributed by atoms with Crippen molar-refractivity contribution in [3.8, 4) is 11.5 Å². The second kappa shape index (κ2) is 10.5. The number of rotatable bonds is 8. The number of anilines is 1. The lowest BCUT2D eigenvalue weighted by Gasteiger charge is -2.16. The predicted octanol–water partition coefficient (Wildman–Crippen LogP) is 8.03. The molecule has 0 saturated heterocycles. The maximum atomic E-state index is 13.3. The van der Waals surface area contributed by atoms with Gasteiger partial charge in [0, 0.05) is 38.9 Å². The second-order valence-electron chi connectivity index (χ2n) is 6.33. The Kier molecular flexibility index (Phi) is 7.95. The van der Waals surface area contributed by atoms with E-state index >= 15 is 0 Å². The molecule has 0 aromatic heterocycles. The Morgan fingerprint density at radius 1 is 0.800 bits per heavy atom. The van der Waals surface area contributed by atoms with Crippen LogP contribution in [0.2, 0.25) is 20.1 Å². The highest BCUT2D eigenvalue weighted by Crippen LogP contribution is 2.35. The largest absolute Gasteiger partial charge is 0.490 e. The molecule has 0 unspecified atom stereocenters. The summed E-state index contributed by atoms with van der Waals surface area (Å²) in [5.74, 6) is 0.587. The molecular weight excluding hydrogens is 471 g/mol. The molecular formula is C22H18Cl4FNO2. The third-order valence-corrected chi connectivity index (χ3v) is 5.44. The van der Waals surface area contributed by atoms with Crippen LogP contribution in [0.4, 0.5) is 10.1 Å². The quantitative estimate of drug-likeness (QED) is 0.348. The minimum absolute atomic E-state index is 0.0470. The summed E-state index contributed by atoms with van der Waals surface area (Å²) in [5.41, 5.74) is 2.25. The van der Waals surface area contributed by atoms with Crippen LogP contribution in [0.25, 0.3) is 0 Å². The van der Waals surface area contributed by atoms with Crippen molar-refractivity contribution < 1.29 is 13.9 Å². The van der Waals surface area contributed by atoms with Gasteiger partial charge in [0.05, 0.1) is 11.6 Å². The highest BCUT2D eigenvalue weighted by atomic mass is 35.5. The lowest BCUT2D eigenvalue weighted by Crippen LogP contribution is -2.04. The first-order valence-electron chi connectivity index (χ1n) is 9.08. The molecule has 0 aliphatic rings. The number of nitrogens with one attached hydrogen (secondary N) is 1. The molecule has 0 aliphatic heterocycles. The van der Waals surface area contributed by atoms with Crippen molar-refractivity contribution in [2.24, 2.45) is 0 Å². The summed E-state index contributed by atoms with van der Waals surface area (Å²) >= 11 is 24.4. The lowest BCUT2D eigenvalue weighted by molar-refractivity contribution is 0.269. The number of ether oxygens (including phenoxy) is 2. The molecule has 0 saturated carbocycles. The van der Waals surface area contributed by atoms with Crippen LogP contribution >= 0.6 is 46.4 Å². The third kappa shape index (κ3) is 5.86. The summed E-state index contributed by atoms with van der Waals surface area (Å²) in [5, 5.41) is 4.79. The molecule has 0 bridgehead atoms. The first-order chi connectivity index (χ1) is 14.4. The molecule has 0 atom stereocenters. The van der Waals surface area contributed by atoms with Crippen LogP contribution in [-0.4, -0.2) is 6.61 Å². The fourth-order valence-electron chi connectivity index (χ4n) is 2.69. The maximum absolute atomic E-state index is 13.3. The van der Waals surface area contributed by atoms with Crippen LogP contribution in [0.5, 0.6) is 11.5 Å². The first-order valence-corrected chi connectivity index (χ1v) is 10.6. The minimum atomic E-state index is -0.471. The highest BCUT2D eigenvalue weighted by Gasteiger charge is 2.13. The van der Waals surface area contributed by atoms with Crippen LogP contribution in [0.15, 0.2) is 48.5 Å². The van der Waals surface area contributed by atoms with E-state index in [9.17, 15) is 4.39 Å². The predicted molar refractivity (Wildman–Crippen MR) is 122 cm³/mol. The summed E-state index contributed by atoms with van der Waals surface area (Å²) in [6.07, 6.45) is 0. The van der Waals surface area contributed by atoms with E-state index in [1.807, 2.05) is 13.0 Å². The van der Waals surface area contributed by atoms with E-state index in [1.54, 1.807) is 30.3 Å². The van der Waals surface area contributed by atoms with E-state index in [0.29, 0.717) is 45.4 Å². The fraction of sp³-hybridized carbons (Fsp3) is 0.182. The number of hydrogen-bond donors (Lipinski definition) is 1. The van der Waals surface area contributed by atoms with Crippen molar-refractivity contribution in [2.45, 2.75) is 20.1 Å². The van der Waals surface area contributed by atoms with Gasteiger partial charge in [0.2, 0.25) is 0 Å². The molecule has 0 fully saturated rings. The highest BCUT2D eigenvalue weighted by molar-refractivity contribution is 6.35. The van der Waals surface area contributed by atoms with E-state index in [1.165, 1.54) is 12.1 Å². The fourth-order valence-corrected chi connectivity index (χ4v) is 3.56. The lowest BCUT2D eigenvalue weighted by atomic mass is 10.2. The SMILES string of the molecule is CCOc1cc(CNc2ccc(F)c(Cl)c2)c(Cl)cc1OCc1ccc(Cl)cc1Cl. The average molecular weight is 489 g/mol. The van der Waals surface area contributed by atoms with E-state index in [4.69, 9.17) is 55.9 Å². The van der Waals surface area contributed by atoms with Gasteiger partial charge in [0.1, 0.15) is 12.4 Å². The Hall–Kier alpha value is -1.85. The average Bonchev–Trinajstić information content (AvgIpc) is 2.70. The van der Waals surface area contributed by atoms with Gasteiger partial charge in [-0.3, -0.25) is 0 Å². The molecule has 3 nitrogen and oxygen atoms in total. The summed E-state index contributed by atoms with van der Waals surface area (Å²) in [6, 6.07) is 13.1. The third-order valence-electron chi connectivity index (χ3n) is 4.21. The van der Waals surface area contributed by atoms with Crippen molar-refractivity contribution in [3.05, 3.63) is 85.6 Å². The van der Waals surface area contributed by atoms with Gasteiger partial charge in [-0.05, 0) is 48.9 Å².